The van der Waals surface area contributed by atoms with E-state index in [4.69, 9.17) is 4.74 Å². The molecule has 1 fully saturated rings. The molecule has 6 rings (SSSR count). The van der Waals surface area contributed by atoms with Crippen molar-refractivity contribution in [1.82, 2.24) is 10.3 Å². The molecule has 0 saturated carbocycles. The number of allylic oxidation sites excluding steroid dienone is 3. The van der Waals surface area contributed by atoms with Crippen molar-refractivity contribution in [3.05, 3.63) is 76.5 Å². The number of aliphatic hydroxyl groups excluding tert-OH is 2. The molecule has 5 N–H and O–H groups in total. The number of fused-ring (bicyclic) bond motifs is 5. The van der Waals surface area contributed by atoms with Gasteiger partial charge in [0.15, 0.2) is 29.5 Å². The fourth-order valence-corrected chi connectivity index (χ4v) is 5.71. The fourth-order valence-electron chi connectivity index (χ4n) is 5.71. The van der Waals surface area contributed by atoms with Crippen molar-refractivity contribution in [2.45, 2.75) is 50.7 Å². The van der Waals surface area contributed by atoms with Gasteiger partial charge >= 0.3 is 0 Å². The average Bonchev–Trinajstić information content (AvgIpc) is 3.32. The maximum Gasteiger partial charge on any atom is 0.257 e. The molecule has 2 aliphatic heterocycles. The predicted molar refractivity (Wildman–Crippen MR) is 141 cm³/mol. The third kappa shape index (κ3) is 4.12. The minimum atomic E-state index is -1.38. The number of H-pyrrole nitrogens is 1. The number of carbonyl (C=O) groups excluding carboxylic acids is 1. The summed E-state index contributed by atoms with van der Waals surface area (Å²) in [7, 11) is 0. The minimum Gasteiger partial charge on any atom is -0.390 e. The predicted octanol–water partition coefficient (Wildman–Crippen LogP) is 5.21. The first kappa shape index (κ1) is 26.3. The van der Waals surface area contributed by atoms with E-state index < -0.39 is 53.2 Å². The van der Waals surface area contributed by atoms with Gasteiger partial charge in [0.2, 0.25) is 0 Å². The first-order chi connectivity index (χ1) is 18.8. The highest BCUT2D eigenvalue weighted by Gasteiger charge is 2.41. The van der Waals surface area contributed by atoms with Gasteiger partial charge in [-0.3, -0.25) is 4.79 Å². The summed E-state index contributed by atoms with van der Waals surface area (Å²) in [6.07, 6.45) is -1.43. The smallest absolute Gasteiger partial charge is 0.257 e. The molecule has 11 heteroatoms. The van der Waals surface area contributed by atoms with E-state index in [1.807, 2.05) is 0 Å². The van der Waals surface area contributed by atoms with E-state index >= 15 is 0 Å². The van der Waals surface area contributed by atoms with Gasteiger partial charge in [-0.25, -0.2) is 17.6 Å². The molecule has 0 bridgehead atoms. The Bertz CT molecular complexity index is 1690. The van der Waals surface area contributed by atoms with Crippen molar-refractivity contribution >= 4 is 34.3 Å². The number of amides is 1. The highest BCUT2D eigenvalue weighted by molar-refractivity contribution is 6.21. The lowest BCUT2D eigenvalue weighted by Gasteiger charge is -2.42. The molecule has 1 aliphatic carbocycles. The zero-order valence-electron chi connectivity index (χ0n) is 21.5. The van der Waals surface area contributed by atoms with Gasteiger partial charge in [0, 0.05) is 63.6 Å². The molecule has 2 aromatic carbocycles. The Labute approximate surface area is 225 Å². The van der Waals surface area contributed by atoms with Crippen LogP contribution in [0.15, 0.2) is 42.5 Å². The zero-order valence-corrected chi connectivity index (χ0v) is 21.5. The van der Waals surface area contributed by atoms with Gasteiger partial charge in [0.1, 0.15) is 6.10 Å². The Morgan fingerprint density at radius 1 is 1.05 bits per heavy atom. The van der Waals surface area contributed by atoms with Crippen LogP contribution in [0.3, 0.4) is 0 Å². The number of benzene rings is 2. The number of anilines is 1. The number of hydrogen-bond donors (Lipinski definition) is 5. The highest BCUT2D eigenvalue weighted by Crippen LogP contribution is 2.45. The van der Waals surface area contributed by atoms with Crippen LogP contribution in [0.5, 0.6) is 0 Å². The molecule has 7 nitrogen and oxygen atoms in total. The molecule has 1 amide bonds. The summed E-state index contributed by atoms with van der Waals surface area (Å²) >= 11 is 0. The van der Waals surface area contributed by atoms with Crippen molar-refractivity contribution in [2.75, 3.05) is 5.32 Å². The van der Waals surface area contributed by atoms with E-state index in [0.717, 1.165) is 24.3 Å². The average molecular weight is 556 g/mol. The van der Waals surface area contributed by atoms with Gasteiger partial charge in [-0.15, -0.1) is 0 Å². The van der Waals surface area contributed by atoms with Gasteiger partial charge in [-0.05, 0) is 43.7 Å². The standard InChI is InChI=1S/C29H25F4N3O4/c1-11-23-13(8-21-24(25(23)27(39)34-11)14-7-16(31)15(30)4-5-19(14)35-21)12-6-17(32)18(33)9-20(12)36-28-26(38)22(37)10-29(2,3)40-28/h4,6-9,22,26,28,35-38H,1,5,10H2,2-3H3,(H,34,39). The molecule has 3 atom stereocenters. The Kier molecular flexibility index (Phi) is 5.95. The zero-order chi connectivity index (χ0) is 28.7. The highest BCUT2D eigenvalue weighted by atomic mass is 19.2. The maximum atomic E-state index is 14.7. The number of hydrogen-bond acceptors (Lipinski definition) is 5. The second-order valence-electron chi connectivity index (χ2n) is 10.8. The number of nitrogens with one attached hydrogen (secondary N) is 3. The second-order valence-corrected chi connectivity index (χ2v) is 10.8. The van der Waals surface area contributed by atoms with Gasteiger partial charge in [-0.1, -0.05) is 6.58 Å². The lowest BCUT2D eigenvalue weighted by atomic mass is 9.90. The van der Waals surface area contributed by atoms with Crippen LogP contribution >= 0.6 is 0 Å². The van der Waals surface area contributed by atoms with E-state index in [9.17, 15) is 32.6 Å². The van der Waals surface area contributed by atoms with Crippen LogP contribution in [0.25, 0.3) is 33.8 Å². The molecule has 3 aromatic rings. The number of carbonyl (C=O) groups is 1. The summed E-state index contributed by atoms with van der Waals surface area (Å²) in [4.78, 5) is 16.2. The Hall–Kier alpha value is -3.93. The molecule has 1 aromatic heterocycles. The van der Waals surface area contributed by atoms with Gasteiger partial charge in [0.05, 0.1) is 17.3 Å². The van der Waals surface area contributed by atoms with E-state index in [2.05, 4.69) is 22.2 Å². The summed E-state index contributed by atoms with van der Waals surface area (Å²) in [6, 6.07) is 3.43. The van der Waals surface area contributed by atoms with Crippen LogP contribution in [0, 0.1) is 11.6 Å². The molecular weight excluding hydrogens is 530 g/mol. The molecule has 3 unspecified atom stereocenters. The Morgan fingerprint density at radius 2 is 1.77 bits per heavy atom. The SMILES string of the molecule is C=C1NC(=O)c2c1c(-c1cc(F)c(F)cc1NC1OC(C)(C)CC(O)C1O)cc1[nH]c3c(c21)C=C(F)C(F)=CC3. The van der Waals surface area contributed by atoms with Gasteiger partial charge in [0.25, 0.3) is 5.91 Å². The van der Waals surface area contributed by atoms with Crippen LogP contribution in [0.1, 0.15) is 47.4 Å². The molecule has 3 aliphatic rings. The Morgan fingerprint density at radius 3 is 2.52 bits per heavy atom. The Balaban J connectivity index is 1.57. The van der Waals surface area contributed by atoms with E-state index in [1.54, 1.807) is 19.9 Å². The van der Waals surface area contributed by atoms with Crippen LogP contribution in [-0.2, 0) is 11.2 Å². The summed E-state index contributed by atoms with van der Waals surface area (Å²) in [6.45, 7) is 7.36. The molecule has 0 spiro atoms. The molecule has 1 saturated heterocycles. The third-order valence-corrected chi connectivity index (χ3v) is 7.48. The van der Waals surface area contributed by atoms with E-state index in [1.165, 1.54) is 0 Å². The third-order valence-electron chi connectivity index (χ3n) is 7.48. The molecular formula is C29H25F4N3O4. The number of aliphatic hydroxyl groups is 2. The van der Waals surface area contributed by atoms with E-state index in [0.29, 0.717) is 22.2 Å². The molecule has 208 valence electrons. The van der Waals surface area contributed by atoms with Crippen LogP contribution < -0.4 is 10.6 Å². The minimum absolute atomic E-state index is 0.0191. The monoisotopic (exact) mass is 555 g/mol. The largest absolute Gasteiger partial charge is 0.390 e. The quantitative estimate of drug-likeness (QED) is 0.286. The summed E-state index contributed by atoms with van der Waals surface area (Å²) in [5.41, 5.74) is 1.27. The summed E-state index contributed by atoms with van der Waals surface area (Å²) < 4.78 is 63.5. The van der Waals surface area contributed by atoms with Crippen molar-refractivity contribution in [1.29, 1.82) is 0 Å². The summed E-state index contributed by atoms with van der Waals surface area (Å²) in [5, 5.41) is 26.8. The molecule has 40 heavy (non-hydrogen) atoms. The van der Waals surface area contributed by atoms with Crippen molar-refractivity contribution in [3.63, 3.8) is 0 Å². The number of ether oxygens (including phenoxy) is 1. The first-order valence-electron chi connectivity index (χ1n) is 12.6. The number of halogens is 4. The van der Waals surface area contributed by atoms with E-state index in [-0.39, 0.29) is 46.5 Å². The lowest BCUT2D eigenvalue weighted by Crippen LogP contribution is -2.55. The number of rotatable bonds is 3. The van der Waals surface area contributed by atoms with Gasteiger partial charge in [-0.2, -0.15) is 0 Å². The fraction of sp³-hybridized carbons (Fsp3) is 0.276. The van der Waals surface area contributed by atoms with Crippen molar-refractivity contribution in [2.24, 2.45) is 0 Å². The van der Waals surface area contributed by atoms with Crippen molar-refractivity contribution in [3.8, 4) is 11.1 Å². The number of aromatic nitrogens is 1. The van der Waals surface area contributed by atoms with Crippen LogP contribution in [0.2, 0.25) is 0 Å². The first-order valence-corrected chi connectivity index (χ1v) is 12.6. The van der Waals surface area contributed by atoms with Crippen LogP contribution in [0.4, 0.5) is 23.2 Å². The topological polar surface area (TPSA) is 107 Å². The van der Waals surface area contributed by atoms with Crippen LogP contribution in [-0.4, -0.2) is 45.1 Å². The number of aromatic amines is 1. The normalized spacial score (nSPS) is 23.8. The molecule has 3 heterocycles. The van der Waals surface area contributed by atoms with Gasteiger partial charge < -0.3 is 30.6 Å². The second kappa shape index (κ2) is 9.05. The molecule has 0 radical (unpaired) electrons. The maximum absolute atomic E-state index is 14.7. The summed E-state index contributed by atoms with van der Waals surface area (Å²) in [5.74, 6) is -5.00. The van der Waals surface area contributed by atoms with Crippen molar-refractivity contribution < 1.29 is 37.3 Å². The lowest BCUT2D eigenvalue weighted by molar-refractivity contribution is -0.192.